The van der Waals surface area contributed by atoms with Crippen LogP contribution in [0.2, 0.25) is 0 Å². The smallest absolute Gasteiger partial charge is 0.407 e. The van der Waals surface area contributed by atoms with E-state index in [4.69, 9.17) is 9.47 Å². The lowest BCUT2D eigenvalue weighted by atomic mass is 9.77. The highest BCUT2D eigenvalue weighted by atomic mass is 16.5. The minimum absolute atomic E-state index is 0.00514. The summed E-state index contributed by atoms with van der Waals surface area (Å²) >= 11 is 0. The number of hydrazine groups is 2. The number of likely N-dealkylation sites (tertiary alicyclic amines) is 3. The average molecular weight is 1000 g/mol. The number of hydrogen-bond acceptors (Lipinski definition) is 12. The van der Waals surface area contributed by atoms with Crippen LogP contribution in [0.3, 0.4) is 0 Å². The Hall–Kier alpha value is -5.95. The number of allylic oxidation sites excluding steroid dienone is 6. The molecule has 5 aliphatic rings. The van der Waals surface area contributed by atoms with Gasteiger partial charge >= 0.3 is 12.2 Å². The molecule has 0 aromatic carbocycles. The molecule has 3 fully saturated rings. The number of aliphatic hydroxyl groups excluding tert-OH is 1. The summed E-state index contributed by atoms with van der Waals surface area (Å²) in [6.07, 6.45) is 22.2. The molecule has 0 aromatic rings. The number of amides is 7. The van der Waals surface area contributed by atoms with E-state index in [2.05, 4.69) is 94.5 Å². The fourth-order valence-electron chi connectivity index (χ4n) is 10.5. The first-order valence-electron chi connectivity index (χ1n) is 25.7. The van der Waals surface area contributed by atoms with E-state index >= 15 is 0 Å². The van der Waals surface area contributed by atoms with Crippen LogP contribution < -0.4 is 32.3 Å². The third kappa shape index (κ3) is 14.6. The highest BCUT2D eigenvalue weighted by molar-refractivity contribution is 5.98. The van der Waals surface area contributed by atoms with Crippen LogP contribution in [0, 0.1) is 29.1 Å². The summed E-state index contributed by atoms with van der Waals surface area (Å²) in [6, 6.07) is -2.97. The highest BCUT2D eigenvalue weighted by Crippen LogP contribution is 2.42. The van der Waals surface area contributed by atoms with Crippen molar-refractivity contribution in [2.75, 3.05) is 27.3 Å². The van der Waals surface area contributed by atoms with Crippen molar-refractivity contribution in [2.45, 2.75) is 162 Å². The zero-order chi connectivity index (χ0) is 52.9. The molecule has 3 heterocycles. The van der Waals surface area contributed by atoms with Gasteiger partial charge < -0.3 is 35.0 Å². The summed E-state index contributed by atoms with van der Waals surface area (Å²) in [5.74, 6) is -2.13. The van der Waals surface area contributed by atoms with Crippen molar-refractivity contribution in [1.82, 2.24) is 47.0 Å². The highest BCUT2D eigenvalue weighted by Gasteiger charge is 2.43. The van der Waals surface area contributed by atoms with Crippen LogP contribution in [0.15, 0.2) is 71.5 Å². The fourth-order valence-corrected chi connectivity index (χ4v) is 10.5. The molecule has 0 radical (unpaired) electrons. The van der Waals surface area contributed by atoms with Crippen molar-refractivity contribution in [1.29, 1.82) is 0 Å². The van der Waals surface area contributed by atoms with E-state index < -0.39 is 60.3 Å². The Kier molecular flexibility index (Phi) is 20.7. The topological polar surface area (TPSA) is 240 Å². The van der Waals surface area contributed by atoms with E-state index in [1.807, 2.05) is 32.9 Å². The number of hydrogen-bond donors (Lipinski definition) is 7. The first-order valence-corrected chi connectivity index (χ1v) is 25.7. The molecule has 9 atom stereocenters. The molecule has 0 aromatic heterocycles. The van der Waals surface area contributed by atoms with Crippen molar-refractivity contribution >= 4 is 41.7 Å². The van der Waals surface area contributed by atoms with E-state index in [9.17, 15) is 38.7 Å². The first kappa shape index (κ1) is 57.0. The van der Waals surface area contributed by atoms with E-state index in [1.54, 1.807) is 24.8 Å². The molecule has 19 nitrogen and oxygen atoms in total. The Bertz CT molecular complexity index is 2160. The summed E-state index contributed by atoms with van der Waals surface area (Å²) in [7, 11) is 2.47. The summed E-state index contributed by atoms with van der Waals surface area (Å²) in [6.45, 7) is 16.8. The molecule has 398 valence electrons. The third-order valence-electron chi connectivity index (χ3n) is 14.6. The molecule has 5 rings (SSSR count). The second-order valence-corrected chi connectivity index (χ2v) is 21.2. The van der Waals surface area contributed by atoms with Crippen molar-refractivity contribution in [3.8, 4) is 0 Å². The second kappa shape index (κ2) is 26.1. The van der Waals surface area contributed by atoms with Gasteiger partial charge in [0.25, 0.3) is 17.7 Å². The number of nitrogens with one attached hydrogen (secondary N) is 6. The first-order chi connectivity index (χ1) is 34.2. The number of nitrogens with zero attached hydrogens (tertiary/aromatic N) is 3. The number of rotatable bonds is 17. The Morgan fingerprint density at radius 1 is 0.778 bits per heavy atom. The molecule has 2 unspecified atom stereocenters. The molecule has 2 aliphatic carbocycles. The molecule has 72 heavy (non-hydrogen) atoms. The SMILES string of the molecule is C/C=C\C(=C/CCC(=O)NNC(=O)[C@@H]1CCCN1[C@@H](O)[C@@H](NC(=O)OC)C(C)C)C1CCC([C@H]2C=CC(C(=O)NNC(=O)[C@@H]3CCCN3C(=O)[C@@H](NC(=O)OC)C(C)C)=CC2)N1C1=CC[C@H](C(C)(C)C)C=C1. The maximum Gasteiger partial charge on any atom is 0.407 e. The summed E-state index contributed by atoms with van der Waals surface area (Å²) in [4.78, 5) is 96.4. The van der Waals surface area contributed by atoms with Crippen LogP contribution in [0.25, 0.3) is 0 Å². The van der Waals surface area contributed by atoms with Gasteiger partial charge in [0.05, 0.1) is 32.3 Å². The number of alkyl carbamates (subject to hydrolysis) is 2. The Morgan fingerprint density at radius 3 is 2.06 bits per heavy atom. The Balaban J connectivity index is 1.21. The summed E-state index contributed by atoms with van der Waals surface area (Å²) in [5, 5.41) is 16.5. The predicted molar refractivity (Wildman–Crippen MR) is 272 cm³/mol. The van der Waals surface area contributed by atoms with Crippen molar-refractivity contribution in [3.05, 3.63) is 71.5 Å². The third-order valence-corrected chi connectivity index (χ3v) is 14.6. The van der Waals surface area contributed by atoms with Crippen LogP contribution in [0.5, 0.6) is 0 Å². The number of carbonyl (C=O) groups is 7. The number of aliphatic hydroxyl groups is 1. The predicted octanol–water partition coefficient (Wildman–Crippen LogP) is 4.94. The van der Waals surface area contributed by atoms with Gasteiger partial charge in [-0.3, -0.25) is 50.6 Å². The van der Waals surface area contributed by atoms with Crippen LogP contribution in [0.1, 0.15) is 120 Å². The van der Waals surface area contributed by atoms with Crippen LogP contribution in [-0.2, 0) is 33.4 Å². The van der Waals surface area contributed by atoms with Gasteiger partial charge in [-0.1, -0.05) is 97.1 Å². The Morgan fingerprint density at radius 2 is 1.44 bits per heavy atom. The van der Waals surface area contributed by atoms with Gasteiger partial charge in [-0.15, -0.1) is 0 Å². The summed E-state index contributed by atoms with van der Waals surface area (Å²) in [5.41, 5.74) is 12.9. The molecule has 0 bridgehead atoms. The zero-order valence-electron chi connectivity index (χ0n) is 44.0. The van der Waals surface area contributed by atoms with Crippen molar-refractivity contribution in [3.63, 3.8) is 0 Å². The number of ether oxygens (including phenoxy) is 2. The van der Waals surface area contributed by atoms with Crippen LogP contribution >= 0.6 is 0 Å². The number of carbonyl (C=O) groups excluding carboxylic acids is 7. The van der Waals surface area contributed by atoms with Gasteiger partial charge in [-0.2, -0.15) is 0 Å². The Labute approximate surface area is 425 Å². The normalized spacial score (nSPS) is 24.9. The van der Waals surface area contributed by atoms with Gasteiger partial charge in [0.1, 0.15) is 18.3 Å². The quantitative estimate of drug-likeness (QED) is 0.0758. The van der Waals surface area contributed by atoms with Crippen molar-refractivity contribution in [2.24, 2.45) is 29.1 Å². The largest absolute Gasteiger partial charge is 0.453 e. The second-order valence-electron chi connectivity index (χ2n) is 21.2. The molecular formula is C53H81N9O10. The van der Waals surface area contributed by atoms with Crippen LogP contribution in [-0.4, -0.2) is 131 Å². The van der Waals surface area contributed by atoms with Gasteiger partial charge in [-0.25, -0.2) is 9.59 Å². The van der Waals surface area contributed by atoms with E-state index in [-0.39, 0.29) is 53.5 Å². The van der Waals surface area contributed by atoms with Gasteiger partial charge in [0.15, 0.2) is 0 Å². The number of methoxy groups -OCH3 is 2. The minimum atomic E-state index is -1.14. The molecular weight excluding hydrogens is 923 g/mol. The standard InChI is InChI=1S/C53H81N9O10/c1-11-15-34(16-12-19-43(63)56-58-47(65)41-17-13-30-60(41)49(67)44(32(2)3)54-51(69)71-9)39-28-29-40(62(39)38-26-24-37(25-27-38)53(6,7)8)35-20-22-36(23-21-35)46(64)57-59-48(66)42-18-14-31-61(42)50(68)45(33(4)5)55-52(70)72-10/h11,15-16,20,22-24,26-27,32-33,35,37,39-42,44-45,49,67H,12-14,17-19,21,25,28-31H2,1-10H3,(H,54,69)(H,55,70)(H,56,63)(H,57,64)(H,58,65)(H,59,66)/b15-11-,34-16+/t35-,37+,39?,40?,41-,42-,44-,45-,49-/m0/s1. The zero-order valence-corrected chi connectivity index (χ0v) is 44.0. The van der Waals surface area contributed by atoms with Gasteiger partial charge in [0.2, 0.25) is 11.8 Å². The molecule has 0 saturated carbocycles. The fraction of sp³-hybridized carbons (Fsp3) is 0.642. The lowest BCUT2D eigenvalue weighted by molar-refractivity contribution is -0.141. The molecule has 3 aliphatic heterocycles. The molecule has 3 saturated heterocycles. The maximum absolute atomic E-state index is 13.5. The van der Waals surface area contributed by atoms with E-state index in [1.165, 1.54) is 19.1 Å². The average Bonchev–Trinajstić information content (AvgIpc) is 4.16. The molecule has 19 heteroatoms. The summed E-state index contributed by atoms with van der Waals surface area (Å²) < 4.78 is 9.44. The maximum atomic E-state index is 13.5. The van der Waals surface area contributed by atoms with E-state index in [0.29, 0.717) is 63.1 Å². The molecule has 0 spiro atoms. The van der Waals surface area contributed by atoms with Crippen LogP contribution in [0.4, 0.5) is 9.59 Å². The van der Waals surface area contributed by atoms with Gasteiger partial charge in [-0.05, 0) is 99.5 Å². The lowest BCUT2D eigenvalue weighted by Gasteiger charge is -2.40. The van der Waals surface area contributed by atoms with Gasteiger partial charge in [0, 0.05) is 42.7 Å². The monoisotopic (exact) mass is 1000 g/mol. The lowest BCUT2D eigenvalue weighted by Crippen LogP contribution is -2.59. The molecule has 7 amide bonds. The molecule has 7 N–H and O–H groups in total. The van der Waals surface area contributed by atoms with Crippen molar-refractivity contribution < 1.29 is 48.1 Å². The van der Waals surface area contributed by atoms with E-state index in [0.717, 1.165) is 30.5 Å². The minimum Gasteiger partial charge on any atom is -0.453 e.